The summed E-state index contributed by atoms with van der Waals surface area (Å²) >= 11 is 3.57. The van der Waals surface area contributed by atoms with Gasteiger partial charge in [0.25, 0.3) is 0 Å². The zero-order chi connectivity index (χ0) is 15.2. The van der Waals surface area contributed by atoms with Gasteiger partial charge in [0.1, 0.15) is 0 Å². The highest BCUT2D eigenvalue weighted by Crippen LogP contribution is 2.28. The van der Waals surface area contributed by atoms with Crippen LogP contribution in [-0.4, -0.2) is 37.9 Å². The molecule has 0 saturated carbocycles. The van der Waals surface area contributed by atoms with Crippen LogP contribution in [0.5, 0.6) is 0 Å². The van der Waals surface area contributed by atoms with Gasteiger partial charge in [-0.3, -0.25) is 0 Å². The Bertz CT molecular complexity index is 524. The molecule has 1 saturated heterocycles. The van der Waals surface area contributed by atoms with Crippen molar-refractivity contribution in [2.24, 2.45) is 5.92 Å². The molecule has 21 heavy (non-hydrogen) atoms. The van der Waals surface area contributed by atoms with E-state index in [1.54, 1.807) is 6.08 Å². The van der Waals surface area contributed by atoms with Crippen molar-refractivity contribution in [2.75, 3.05) is 31.7 Å². The van der Waals surface area contributed by atoms with Crippen molar-refractivity contribution in [1.29, 1.82) is 0 Å². The molecule has 1 aliphatic heterocycles. The van der Waals surface area contributed by atoms with Crippen LogP contribution < -0.4 is 4.90 Å². The number of anilines is 1. The first-order valence-corrected chi connectivity index (χ1v) is 7.85. The fourth-order valence-corrected chi connectivity index (χ4v) is 3.22. The maximum atomic E-state index is 10.5. The quantitative estimate of drug-likeness (QED) is 0.824. The molecule has 0 aromatic heterocycles. The zero-order valence-corrected chi connectivity index (χ0v) is 13.7. The highest BCUT2D eigenvalue weighted by molar-refractivity contribution is 9.10. The van der Waals surface area contributed by atoms with E-state index in [2.05, 4.69) is 27.9 Å². The number of rotatable bonds is 5. The van der Waals surface area contributed by atoms with Crippen molar-refractivity contribution in [3.8, 4) is 0 Å². The van der Waals surface area contributed by atoms with E-state index in [-0.39, 0.29) is 0 Å². The van der Waals surface area contributed by atoms with Crippen LogP contribution in [0.15, 0.2) is 28.7 Å². The first kappa shape index (κ1) is 16.0. The molecule has 0 unspecified atom stereocenters. The van der Waals surface area contributed by atoms with Gasteiger partial charge in [-0.15, -0.1) is 0 Å². The topological polar surface area (TPSA) is 49.8 Å². The molecule has 0 bridgehead atoms. The van der Waals surface area contributed by atoms with E-state index in [1.807, 2.05) is 18.2 Å². The van der Waals surface area contributed by atoms with E-state index in [0.29, 0.717) is 5.92 Å². The first-order chi connectivity index (χ1) is 10.1. The van der Waals surface area contributed by atoms with Crippen molar-refractivity contribution in [1.82, 2.24) is 0 Å². The van der Waals surface area contributed by atoms with Crippen molar-refractivity contribution < 1.29 is 14.6 Å². The number of aliphatic carboxylic acids is 1. The fourth-order valence-electron chi connectivity index (χ4n) is 2.52. The first-order valence-electron chi connectivity index (χ1n) is 7.05. The Kier molecular flexibility index (Phi) is 5.82. The molecule has 0 radical (unpaired) electrons. The molecule has 1 aliphatic rings. The Labute approximate surface area is 133 Å². The monoisotopic (exact) mass is 353 g/mol. The van der Waals surface area contributed by atoms with Crippen LogP contribution in [-0.2, 0) is 9.53 Å². The Morgan fingerprint density at radius 2 is 2.19 bits per heavy atom. The van der Waals surface area contributed by atoms with Gasteiger partial charge >= 0.3 is 5.97 Å². The van der Waals surface area contributed by atoms with Crippen LogP contribution in [0.3, 0.4) is 0 Å². The number of halogens is 1. The standard InChI is InChI=1S/C16H20BrNO3/c1-18(11-13-6-8-21-9-7-13)15-4-2-12(10-14(15)17)3-5-16(19)20/h2-5,10,13H,6-9,11H2,1H3,(H,19,20)/b5-3+. The van der Waals surface area contributed by atoms with Crippen LogP contribution in [0.1, 0.15) is 18.4 Å². The lowest BCUT2D eigenvalue weighted by atomic mass is 9.99. The number of ether oxygens (including phenoxy) is 1. The lowest BCUT2D eigenvalue weighted by molar-refractivity contribution is -0.131. The summed E-state index contributed by atoms with van der Waals surface area (Å²) in [4.78, 5) is 12.8. The summed E-state index contributed by atoms with van der Waals surface area (Å²) in [5, 5.41) is 8.65. The second kappa shape index (κ2) is 7.61. The molecular formula is C16H20BrNO3. The van der Waals surface area contributed by atoms with Gasteiger partial charge in [-0.1, -0.05) is 6.07 Å². The molecule has 114 valence electrons. The summed E-state index contributed by atoms with van der Waals surface area (Å²) in [5.74, 6) is -0.269. The van der Waals surface area contributed by atoms with Crippen molar-refractivity contribution in [2.45, 2.75) is 12.8 Å². The van der Waals surface area contributed by atoms with Crippen LogP contribution in [0.25, 0.3) is 6.08 Å². The maximum absolute atomic E-state index is 10.5. The molecular weight excluding hydrogens is 334 g/mol. The Morgan fingerprint density at radius 3 is 2.81 bits per heavy atom. The van der Waals surface area contributed by atoms with Crippen LogP contribution >= 0.6 is 15.9 Å². The summed E-state index contributed by atoms with van der Waals surface area (Å²) in [6, 6.07) is 5.89. The van der Waals surface area contributed by atoms with E-state index in [0.717, 1.165) is 54.4 Å². The smallest absolute Gasteiger partial charge is 0.328 e. The van der Waals surface area contributed by atoms with Crippen LogP contribution in [0, 0.1) is 5.92 Å². The molecule has 1 fully saturated rings. The lowest BCUT2D eigenvalue weighted by Gasteiger charge is -2.29. The summed E-state index contributed by atoms with van der Waals surface area (Å²) in [6.07, 6.45) is 4.96. The third-order valence-corrected chi connectivity index (χ3v) is 4.31. The number of carboxylic acids is 1. The lowest BCUT2D eigenvalue weighted by Crippen LogP contribution is -2.29. The summed E-state index contributed by atoms with van der Waals surface area (Å²) in [6.45, 7) is 2.73. The number of nitrogens with zero attached hydrogens (tertiary/aromatic N) is 1. The van der Waals surface area contributed by atoms with E-state index >= 15 is 0 Å². The largest absolute Gasteiger partial charge is 0.478 e. The van der Waals surface area contributed by atoms with Gasteiger partial charge in [0.2, 0.25) is 0 Å². The second-order valence-electron chi connectivity index (χ2n) is 5.32. The molecule has 2 rings (SSSR count). The summed E-state index contributed by atoms with van der Waals surface area (Å²) in [5.41, 5.74) is 1.99. The van der Waals surface area contributed by atoms with Crippen LogP contribution in [0.2, 0.25) is 0 Å². The van der Waals surface area contributed by atoms with Gasteiger partial charge in [0, 0.05) is 37.4 Å². The summed E-state index contributed by atoms with van der Waals surface area (Å²) < 4.78 is 6.37. The number of hydrogen-bond donors (Lipinski definition) is 1. The highest BCUT2D eigenvalue weighted by Gasteiger charge is 2.17. The third-order valence-electron chi connectivity index (χ3n) is 3.67. The number of hydrogen-bond acceptors (Lipinski definition) is 3. The van der Waals surface area contributed by atoms with Crippen molar-refractivity contribution >= 4 is 33.7 Å². The average molecular weight is 354 g/mol. The second-order valence-corrected chi connectivity index (χ2v) is 6.17. The summed E-state index contributed by atoms with van der Waals surface area (Å²) in [7, 11) is 2.09. The molecule has 1 aromatic carbocycles. The molecule has 0 aliphatic carbocycles. The normalized spacial score (nSPS) is 16.3. The minimum Gasteiger partial charge on any atom is -0.478 e. The molecule has 0 spiro atoms. The van der Waals surface area contributed by atoms with Gasteiger partial charge in [0.15, 0.2) is 0 Å². The van der Waals surface area contributed by atoms with Gasteiger partial charge in [-0.05, 0) is 58.5 Å². The van der Waals surface area contributed by atoms with Crippen molar-refractivity contribution in [3.05, 3.63) is 34.3 Å². The minimum absolute atomic E-state index is 0.669. The Morgan fingerprint density at radius 1 is 1.48 bits per heavy atom. The van der Waals surface area contributed by atoms with Gasteiger partial charge in [-0.2, -0.15) is 0 Å². The molecule has 0 amide bonds. The molecule has 4 nitrogen and oxygen atoms in total. The minimum atomic E-state index is -0.938. The van der Waals surface area contributed by atoms with E-state index in [4.69, 9.17) is 9.84 Å². The Balaban J connectivity index is 2.03. The van der Waals surface area contributed by atoms with E-state index in [1.165, 1.54) is 0 Å². The number of benzene rings is 1. The fraction of sp³-hybridized carbons (Fsp3) is 0.438. The molecule has 1 aromatic rings. The van der Waals surface area contributed by atoms with Gasteiger partial charge < -0.3 is 14.7 Å². The molecule has 0 atom stereocenters. The van der Waals surface area contributed by atoms with E-state index in [9.17, 15) is 4.79 Å². The Hall–Kier alpha value is -1.33. The predicted molar refractivity (Wildman–Crippen MR) is 87.6 cm³/mol. The third kappa shape index (κ3) is 4.86. The maximum Gasteiger partial charge on any atom is 0.328 e. The van der Waals surface area contributed by atoms with Gasteiger partial charge in [-0.25, -0.2) is 4.79 Å². The SMILES string of the molecule is CN(CC1CCOCC1)c1ccc(/C=C/C(=O)O)cc1Br. The van der Waals surface area contributed by atoms with Gasteiger partial charge in [0.05, 0.1) is 5.69 Å². The molecule has 1 N–H and O–H groups in total. The number of carbonyl (C=O) groups is 1. The predicted octanol–water partition coefficient (Wildman–Crippen LogP) is 3.41. The molecule has 1 heterocycles. The average Bonchev–Trinajstić information content (AvgIpc) is 2.46. The highest BCUT2D eigenvalue weighted by atomic mass is 79.9. The van der Waals surface area contributed by atoms with Crippen molar-refractivity contribution in [3.63, 3.8) is 0 Å². The van der Waals surface area contributed by atoms with Crippen LogP contribution in [0.4, 0.5) is 5.69 Å². The zero-order valence-electron chi connectivity index (χ0n) is 12.1. The van der Waals surface area contributed by atoms with E-state index < -0.39 is 5.97 Å². The molecule has 5 heteroatoms. The number of carboxylic acid groups (broad SMARTS) is 1.